The Morgan fingerprint density at radius 1 is 1.33 bits per heavy atom. The molecular weight excluding hydrogens is 226 g/mol. The minimum atomic E-state index is -0.491. The zero-order chi connectivity index (χ0) is 13.1. The monoisotopic (exact) mass is 243 g/mol. The number of primary amides is 1. The Kier molecular flexibility index (Phi) is 3.46. The van der Waals surface area contributed by atoms with Crippen molar-refractivity contribution in [1.29, 1.82) is 0 Å². The average molecular weight is 243 g/mol. The van der Waals surface area contributed by atoms with E-state index in [1.807, 2.05) is 30.3 Å². The second kappa shape index (κ2) is 5.04. The maximum absolute atomic E-state index is 11.2. The fourth-order valence-electron chi connectivity index (χ4n) is 1.90. The van der Waals surface area contributed by atoms with Gasteiger partial charge in [-0.05, 0) is 30.5 Å². The molecule has 2 N–H and O–H groups in total. The van der Waals surface area contributed by atoms with Gasteiger partial charge in [-0.25, -0.2) is 4.68 Å². The zero-order valence-corrected chi connectivity index (χ0v) is 10.6. The van der Waals surface area contributed by atoms with Crippen LogP contribution in [-0.2, 0) is 6.42 Å². The molecule has 0 radical (unpaired) electrons. The molecule has 94 valence electrons. The molecule has 1 heterocycles. The summed E-state index contributed by atoms with van der Waals surface area (Å²) in [6.45, 7) is 4.26. The number of hydrogen-bond acceptors (Lipinski definition) is 2. The minimum Gasteiger partial charge on any atom is -0.364 e. The molecule has 4 nitrogen and oxygen atoms in total. The van der Waals surface area contributed by atoms with Crippen LogP contribution in [0, 0.1) is 5.92 Å². The van der Waals surface area contributed by atoms with Crippen molar-refractivity contribution in [1.82, 2.24) is 9.78 Å². The van der Waals surface area contributed by atoms with E-state index in [0.29, 0.717) is 11.6 Å². The minimum absolute atomic E-state index is 0.314. The van der Waals surface area contributed by atoms with Crippen LogP contribution in [0.4, 0.5) is 0 Å². The topological polar surface area (TPSA) is 60.9 Å². The molecule has 0 atom stereocenters. The summed E-state index contributed by atoms with van der Waals surface area (Å²) in [6.07, 6.45) is 0.856. The lowest BCUT2D eigenvalue weighted by Crippen LogP contribution is -2.12. The van der Waals surface area contributed by atoms with E-state index in [-0.39, 0.29) is 0 Å². The van der Waals surface area contributed by atoms with Crippen LogP contribution in [0.2, 0.25) is 0 Å². The molecule has 4 heteroatoms. The number of carbonyl (C=O) groups is 1. The van der Waals surface area contributed by atoms with Crippen LogP contribution in [0.25, 0.3) is 5.69 Å². The molecule has 2 rings (SSSR count). The van der Waals surface area contributed by atoms with Crippen LogP contribution in [0.5, 0.6) is 0 Å². The van der Waals surface area contributed by atoms with Gasteiger partial charge in [-0.2, -0.15) is 5.10 Å². The van der Waals surface area contributed by atoms with Crippen LogP contribution in [0.1, 0.15) is 30.0 Å². The zero-order valence-electron chi connectivity index (χ0n) is 10.6. The number of benzene rings is 1. The number of nitrogens with zero attached hydrogens (tertiary/aromatic N) is 2. The molecule has 0 aliphatic heterocycles. The number of rotatable bonds is 4. The summed E-state index contributed by atoms with van der Waals surface area (Å²) in [5.74, 6) is -0.000393. The molecule has 0 aliphatic rings. The Morgan fingerprint density at radius 2 is 2.00 bits per heavy atom. The molecule has 0 saturated carbocycles. The number of para-hydroxylation sites is 1. The third-order valence-electron chi connectivity index (χ3n) is 2.65. The van der Waals surface area contributed by atoms with Crippen molar-refractivity contribution in [3.63, 3.8) is 0 Å². The van der Waals surface area contributed by atoms with Crippen LogP contribution >= 0.6 is 0 Å². The van der Waals surface area contributed by atoms with Crippen molar-refractivity contribution in [2.75, 3.05) is 0 Å². The predicted octanol–water partition coefficient (Wildman–Crippen LogP) is 2.17. The molecule has 0 saturated heterocycles. The number of nitrogens with two attached hydrogens (primary N) is 1. The van der Waals surface area contributed by atoms with E-state index >= 15 is 0 Å². The Morgan fingerprint density at radius 3 is 2.56 bits per heavy atom. The maximum Gasteiger partial charge on any atom is 0.269 e. The highest BCUT2D eigenvalue weighted by Gasteiger charge is 2.13. The van der Waals surface area contributed by atoms with Crippen LogP contribution < -0.4 is 5.73 Å². The highest BCUT2D eigenvalue weighted by molar-refractivity contribution is 5.90. The van der Waals surface area contributed by atoms with Crippen LogP contribution in [-0.4, -0.2) is 15.7 Å². The molecule has 0 spiro atoms. The fraction of sp³-hybridized carbons (Fsp3) is 0.286. The maximum atomic E-state index is 11.2. The number of amides is 1. The molecule has 1 aromatic carbocycles. The lowest BCUT2D eigenvalue weighted by Gasteiger charge is -2.08. The first-order valence-corrected chi connectivity index (χ1v) is 6.02. The van der Waals surface area contributed by atoms with E-state index in [9.17, 15) is 4.79 Å². The van der Waals surface area contributed by atoms with Gasteiger partial charge in [0.25, 0.3) is 5.91 Å². The van der Waals surface area contributed by atoms with Gasteiger partial charge >= 0.3 is 0 Å². The summed E-state index contributed by atoms with van der Waals surface area (Å²) in [5, 5.41) is 4.28. The summed E-state index contributed by atoms with van der Waals surface area (Å²) < 4.78 is 1.79. The molecular formula is C14H17N3O. The summed E-state index contributed by atoms with van der Waals surface area (Å²) >= 11 is 0. The van der Waals surface area contributed by atoms with E-state index in [4.69, 9.17) is 5.73 Å². The van der Waals surface area contributed by atoms with Crippen molar-refractivity contribution >= 4 is 5.91 Å². The molecule has 0 unspecified atom stereocenters. The first-order chi connectivity index (χ1) is 8.58. The molecule has 0 bridgehead atoms. The first kappa shape index (κ1) is 12.4. The normalized spacial score (nSPS) is 10.8. The van der Waals surface area contributed by atoms with Gasteiger partial charge < -0.3 is 5.73 Å². The highest BCUT2D eigenvalue weighted by Crippen LogP contribution is 2.15. The van der Waals surface area contributed by atoms with Crippen LogP contribution in [0.15, 0.2) is 36.4 Å². The van der Waals surface area contributed by atoms with Gasteiger partial charge in [0.15, 0.2) is 5.69 Å². The summed E-state index contributed by atoms with van der Waals surface area (Å²) in [4.78, 5) is 11.2. The average Bonchev–Trinajstić information content (AvgIpc) is 2.73. The van der Waals surface area contributed by atoms with Crippen molar-refractivity contribution in [3.05, 3.63) is 47.8 Å². The number of carbonyl (C=O) groups excluding carboxylic acids is 1. The van der Waals surface area contributed by atoms with Crippen molar-refractivity contribution < 1.29 is 4.79 Å². The lowest BCUT2D eigenvalue weighted by molar-refractivity contribution is 0.0995. The third kappa shape index (κ3) is 2.59. The van der Waals surface area contributed by atoms with Crippen molar-refractivity contribution in [2.24, 2.45) is 11.7 Å². The quantitative estimate of drug-likeness (QED) is 0.894. The Hall–Kier alpha value is -2.10. The van der Waals surface area contributed by atoms with E-state index in [1.54, 1.807) is 10.7 Å². The Labute approximate surface area is 106 Å². The number of aromatic nitrogens is 2. The molecule has 1 amide bonds. The Balaban J connectivity index is 2.47. The molecule has 18 heavy (non-hydrogen) atoms. The van der Waals surface area contributed by atoms with Gasteiger partial charge in [-0.15, -0.1) is 0 Å². The summed E-state index contributed by atoms with van der Waals surface area (Å²) in [7, 11) is 0. The third-order valence-corrected chi connectivity index (χ3v) is 2.65. The van der Waals surface area contributed by atoms with Gasteiger partial charge in [0.1, 0.15) is 0 Å². The second-order valence-electron chi connectivity index (χ2n) is 4.73. The smallest absolute Gasteiger partial charge is 0.269 e. The largest absolute Gasteiger partial charge is 0.364 e. The lowest BCUT2D eigenvalue weighted by atomic mass is 10.1. The first-order valence-electron chi connectivity index (χ1n) is 6.02. The van der Waals surface area contributed by atoms with Gasteiger partial charge in [0.2, 0.25) is 0 Å². The highest BCUT2D eigenvalue weighted by atomic mass is 16.1. The van der Waals surface area contributed by atoms with E-state index in [0.717, 1.165) is 17.8 Å². The standard InChI is InChI=1S/C14H17N3O/c1-10(2)8-12-9-13(14(15)18)16-17(12)11-6-4-3-5-7-11/h3-7,9-10H,8H2,1-2H3,(H2,15,18). The van der Waals surface area contributed by atoms with Crippen molar-refractivity contribution in [2.45, 2.75) is 20.3 Å². The predicted molar refractivity (Wildman–Crippen MR) is 70.6 cm³/mol. The van der Waals surface area contributed by atoms with Gasteiger partial charge in [0.05, 0.1) is 5.69 Å². The van der Waals surface area contributed by atoms with Gasteiger partial charge in [0, 0.05) is 5.69 Å². The SMILES string of the molecule is CC(C)Cc1cc(C(N)=O)nn1-c1ccccc1. The van der Waals surface area contributed by atoms with E-state index in [1.165, 1.54) is 0 Å². The van der Waals surface area contributed by atoms with Crippen molar-refractivity contribution in [3.8, 4) is 5.69 Å². The second-order valence-corrected chi connectivity index (χ2v) is 4.73. The van der Waals surface area contributed by atoms with Gasteiger partial charge in [-0.3, -0.25) is 4.79 Å². The summed E-state index contributed by atoms with van der Waals surface area (Å²) in [5.41, 5.74) is 7.55. The van der Waals surface area contributed by atoms with E-state index in [2.05, 4.69) is 18.9 Å². The molecule has 0 fully saturated rings. The molecule has 0 aliphatic carbocycles. The van der Waals surface area contributed by atoms with Crippen LogP contribution in [0.3, 0.4) is 0 Å². The van der Waals surface area contributed by atoms with E-state index < -0.39 is 5.91 Å². The molecule has 1 aromatic heterocycles. The van der Waals surface area contributed by atoms with Gasteiger partial charge in [-0.1, -0.05) is 32.0 Å². The fourth-order valence-corrected chi connectivity index (χ4v) is 1.90. The summed E-state index contributed by atoms with van der Waals surface area (Å²) in [6, 6.07) is 11.5. The Bertz CT molecular complexity index is 543. The molecule has 2 aromatic rings. The number of hydrogen-bond donors (Lipinski definition) is 1.